The maximum atomic E-state index is 2.47. The zero-order valence-electron chi connectivity index (χ0n) is 27.2. The highest BCUT2D eigenvalue weighted by atomic mass is 15.0. The van der Waals surface area contributed by atoms with Crippen molar-refractivity contribution < 1.29 is 0 Å². The summed E-state index contributed by atoms with van der Waals surface area (Å²) in [5.74, 6) is 0. The molecule has 2 heteroatoms. The summed E-state index contributed by atoms with van der Waals surface area (Å²) < 4.78 is 4.91. The van der Waals surface area contributed by atoms with Crippen molar-refractivity contribution in [3.63, 3.8) is 0 Å². The van der Waals surface area contributed by atoms with Crippen molar-refractivity contribution in [2.24, 2.45) is 0 Å². The van der Waals surface area contributed by atoms with E-state index in [-0.39, 0.29) is 0 Å². The van der Waals surface area contributed by atoms with Gasteiger partial charge in [-0.05, 0) is 85.4 Å². The predicted molar refractivity (Wildman–Crippen MR) is 212 cm³/mol. The Bertz CT molecular complexity index is 3040. The lowest BCUT2D eigenvalue weighted by Crippen LogP contribution is -2.00. The Morgan fingerprint density at radius 2 is 0.940 bits per heavy atom. The van der Waals surface area contributed by atoms with Gasteiger partial charge in [0.05, 0.1) is 22.2 Å². The number of rotatable bonds is 4. The van der Waals surface area contributed by atoms with Crippen LogP contribution in [-0.2, 0) is 0 Å². The maximum absolute atomic E-state index is 2.47. The molecule has 0 unspecified atom stereocenters. The first-order valence-electron chi connectivity index (χ1n) is 17.3. The molecule has 0 spiro atoms. The van der Waals surface area contributed by atoms with Crippen molar-refractivity contribution in [2.75, 3.05) is 0 Å². The van der Waals surface area contributed by atoms with Crippen molar-refractivity contribution in [1.82, 2.24) is 9.13 Å². The van der Waals surface area contributed by atoms with Gasteiger partial charge in [0.15, 0.2) is 0 Å². The van der Waals surface area contributed by atoms with E-state index in [2.05, 4.69) is 191 Å². The average molecular weight is 635 g/mol. The molecular formula is C48H30N2. The topological polar surface area (TPSA) is 9.86 Å². The summed E-state index contributed by atoms with van der Waals surface area (Å²) in [4.78, 5) is 0. The molecule has 11 rings (SSSR count). The number of nitrogens with zero attached hydrogens (tertiary/aromatic N) is 2. The summed E-state index contributed by atoms with van der Waals surface area (Å²) in [5, 5.41) is 11.6. The fraction of sp³-hybridized carbons (Fsp3) is 0. The van der Waals surface area contributed by atoms with Crippen LogP contribution in [-0.4, -0.2) is 9.13 Å². The Labute approximate surface area is 289 Å². The molecule has 2 nitrogen and oxygen atoms in total. The van der Waals surface area contributed by atoms with E-state index in [4.69, 9.17) is 0 Å². The number of para-hydroxylation sites is 2. The van der Waals surface area contributed by atoms with Crippen molar-refractivity contribution >= 4 is 65.0 Å². The minimum absolute atomic E-state index is 1.15. The Morgan fingerprint density at radius 1 is 0.320 bits per heavy atom. The normalized spacial score (nSPS) is 12.0. The highest BCUT2D eigenvalue weighted by Gasteiger charge is 2.21. The van der Waals surface area contributed by atoms with Crippen LogP contribution in [0.2, 0.25) is 0 Å². The minimum atomic E-state index is 1.15. The van der Waals surface area contributed by atoms with Crippen LogP contribution >= 0.6 is 0 Å². The van der Waals surface area contributed by atoms with Crippen LogP contribution in [0.1, 0.15) is 0 Å². The molecule has 2 heterocycles. The van der Waals surface area contributed by atoms with Gasteiger partial charge in [-0.3, -0.25) is 0 Å². The zero-order valence-corrected chi connectivity index (χ0v) is 27.2. The lowest BCUT2D eigenvalue weighted by Gasteiger charge is -2.16. The quantitative estimate of drug-likeness (QED) is 0.171. The monoisotopic (exact) mass is 634 g/mol. The molecule has 0 bridgehead atoms. The van der Waals surface area contributed by atoms with Gasteiger partial charge in [0.2, 0.25) is 0 Å². The van der Waals surface area contributed by atoms with Crippen LogP contribution in [0, 0.1) is 0 Å². The predicted octanol–water partition coefficient (Wildman–Crippen LogP) is 13.0. The van der Waals surface area contributed by atoms with Gasteiger partial charge in [-0.2, -0.15) is 0 Å². The third-order valence-electron chi connectivity index (χ3n) is 10.6. The molecule has 0 aliphatic rings. The fourth-order valence-electron chi connectivity index (χ4n) is 8.45. The van der Waals surface area contributed by atoms with Gasteiger partial charge in [-0.1, -0.05) is 146 Å². The van der Waals surface area contributed by atoms with Crippen LogP contribution in [0.5, 0.6) is 0 Å². The van der Waals surface area contributed by atoms with E-state index in [1.165, 1.54) is 87.4 Å². The Hall–Kier alpha value is -6.64. The average Bonchev–Trinajstić information content (AvgIpc) is 3.74. The molecule has 0 N–H and O–H groups in total. The van der Waals surface area contributed by atoms with Crippen molar-refractivity contribution in [2.45, 2.75) is 0 Å². The van der Waals surface area contributed by atoms with Gasteiger partial charge in [-0.25, -0.2) is 0 Å². The second kappa shape index (κ2) is 10.4. The number of hydrogen-bond acceptors (Lipinski definition) is 0. The molecule has 0 saturated carbocycles. The molecule has 0 fully saturated rings. The lowest BCUT2D eigenvalue weighted by molar-refractivity contribution is 1.12. The van der Waals surface area contributed by atoms with E-state index in [0.29, 0.717) is 0 Å². The van der Waals surface area contributed by atoms with E-state index < -0.39 is 0 Å². The summed E-state index contributed by atoms with van der Waals surface area (Å²) in [6, 6.07) is 66.7. The molecule has 232 valence electrons. The molecule has 0 amide bonds. The van der Waals surface area contributed by atoms with Gasteiger partial charge < -0.3 is 9.13 Å². The molecule has 11 aromatic rings. The highest BCUT2D eigenvalue weighted by molar-refractivity contribution is 6.25. The molecule has 0 aliphatic heterocycles. The third-order valence-corrected chi connectivity index (χ3v) is 10.6. The second-order valence-electron chi connectivity index (χ2n) is 13.3. The van der Waals surface area contributed by atoms with Crippen molar-refractivity contribution in [1.29, 1.82) is 0 Å². The van der Waals surface area contributed by atoms with Gasteiger partial charge in [0.1, 0.15) is 0 Å². The third kappa shape index (κ3) is 3.85. The molecule has 9 aromatic carbocycles. The SMILES string of the molecule is c1ccc(-c2cc3ccc4c5ccccc5n(-c5ccc(-c6ccc7ccc8cccc9ccc6c7c89)cc5)c4c3n2-c2ccccc2)cc1. The largest absolute Gasteiger partial charge is 0.307 e. The summed E-state index contributed by atoms with van der Waals surface area (Å²) in [6.07, 6.45) is 0. The van der Waals surface area contributed by atoms with Gasteiger partial charge >= 0.3 is 0 Å². The second-order valence-corrected chi connectivity index (χ2v) is 13.3. The Morgan fingerprint density at radius 3 is 1.74 bits per heavy atom. The van der Waals surface area contributed by atoms with E-state index in [1.54, 1.807) is 0 Å². The first kappa shape index (κ1) is 27.3. The lowest BCUT2D eigenvalue weighted by atomic mass is 9.90. The van der Waals surface area contributed by atoms with E-state index in [1.807, 2.05) is 0 Å². The van der Waals surface area contributed by atoms with Crippen LogP contribution in [0.4, 0.5) is 0 Å². The number of aromatic nitrogens is 2. The summed E-state index contributed by atoms with van der Waals surface area (Å²) in [6.45, 7) is 0. The Kier molecular flexibility index (Phi) is 5.70. The molecule has 0 atom stereocenters. The van der Waals surface area contributed by atoms with E-state index in [0.717, 1.165) is 11.4 Å². The minimum Gasteiger partial charge on any atom is -0.307 e. The summed E-state index contributed by atoms with van der Waals surface area (Å²) >= 11 is 0. The molecular weight excluding hydrogens is 605 g/mol. The zero-order chi connectivity index (χ0) is 32.8. The van der Waals surface area contributed by atoms with Gasteiger partial charge in [-0.15, -0.1) is 0 Å². The highest BCUT2D eigenvalue weighted by Crippen LogP contribution is 2.42. The first-order valence-corrected chi connectivity index (χ1v) is 17.3. The van der Waals surface area contributed by atoms with Crippen molar-refractivity contribution in [3.8, 4) is 33.8 Å². The van der Waals surface area contributed by atoms with E-state index in [9.17, 15) is 0 Å². The summed E-state index contributed by atoms with van der Waals surface area (Å²) in [7, 11) is 0. The van der Waals surface area contributed by atoms with Crippen LogP contribution < -0.4 is 0 Å². The number of benzene rings is 9. The molecule has 2 aromatic heterocycles. The van der Waals surface area contributed by atoms with Crippen molar-refractivity contribution in [3.05, 3.63) is 182 Å². The maximum Gasteiger partial charge on any atom is 0.0788 e. The van der Waals surface area contributed by atoms with Gasteiger partial charge in [0.25, 0.3) is 0 Å². The standard InChI is InChI=1S/C48H30N2/c1-3-10-32(11-4-1)44-30-36-24-29-42-40-16-7-8-17-43(40)49(48(42)47(36)50(44)37-14-5-2-6-15-37)38-25-20-31(21-26-38)39-27-22-35-19-18-33-12-9-13-34-23-28-41(39)46(35)45(33)34/h1-30H. The van der Waals surface area contributed by atoms with Crippen LogP contribution in [0.15, 0.2) is 182 Å². The molecule has 50 heavy (non-hydrogen) atoms. The van der Waals surface area contributed by atoms with E-state index >= 15 is 0 Å². The molecule has 0 aliphatic carbocycles. The molecule has 0 saturated heterocycles. The fourth-order valence-corrected chi connectivity index (χ4v) is 8.45. The first-order chi connectivity index (χ1) is 24.8. The van der Waals surface area contributed by atoms with Gasteiger partial charge in [0, 0.05) is 27.5 Å². The summed E-state index contributed by atoms with van der Waals surface area (Å²) in [5.41, 5.74) is 10.8. The number of fused-ring (bicyclic) bond motifs is 5. The van der Waals surface area contributed by atoms with Crippen LogP contribution in [0.25, 0.3) is 98.8 Å². The van der Waals surface area contributed by atoms with Crippen LogP contribution in [0.3, 0.4) is 0 Å². The number of hydrogen-bond donors (Lipinski definition) is 0. The smallest absolute Gasteiger partial charge is 0.0788 e. The Balaban J connectivity index is 1.17. The molecule has 0 radical (unpaired) electrons.